The molecule has 0 aliphatic carbocycles. The van der Waals surface area contributed by atoms with Crippen molar-refractivity contribution in [2.75, 3.05) is 0 Å². The molecule has 0 fully saturated rings. The van der Waals surface area contributed by atoms with Crippen LogP contribution < -0.4 is 0 Å². The van der Waals surface area contributed by atoms with Crippen LogP contribution in [0.3, 0.4) is 0 Å². The van der Waals surface area contributed by atoms with E-state index in [1.807, 2.05) is 50.4 Å². The highest BCUT2D eigenvalue weighted by molar-refractivity contribution is 5.76. The van der Waals surface area contributed by atoms with Gasteiger partial charge in [-0.05, 0) is 39.2 Å². The Morgan fingerprint density at radius 1 is 1.22 bits per heavy atom. The number of esters is 1. The van der Waals surface area contributed by atoms with Gasteiger partial charge in [0.2, 0.25) is 0 Å². The highest BCUT2D eigenvalue weighted by Gasteiger charge is 2.40. The lowest BCUT2D eigenvalue weighted by molar-refractivity contribution is -0.158. The van der Waals surface area contributed by atoms with Crippen LogP contribution in [-0.4, -0.2) is 21.0 Å². The third-order valence-electron chi connectivity index (χ3n) is 4.35. The largest absolute Gasteiger partial charge is 0.460 e. The average molecular weight is 315 g/mol. The van der Waals surface area contributed by atoms with Gasteiger partial charge in [0.15, 0.2) is 0 Å². The van der Waals surface area contributed by atoms with Crippen molar-refractivity contribution < 1.29 is 9.53 Å². The van der Waals surface area contributed by atoms with E-state index in [9.17, 15) is 4.79 Å². The zero-order chi connectivity index (χ0) is 16.9. The maximum absolute atomic E-state index is 12.6. The second-order valence-corrected chi connectivity index (χ2v) is 6.81. The second-order valence-electron chi connectivity index (χ2n) is 6.81. The van der Waals surface area contributed by atoms with Crippen molar-refractivity contribution in [3.05, 3.63) is 48.3 Å². The maximum Gasteiger partial charge on any atom is 0.312 e. The van der Waals surface area contributed by atoms with Gasteiger partial charge in [0.1, 0.15) is 6.61 Å². The van der Waals surface area contributed by atoms with Crippen LogP contribution in [0.5, 0.6) is 0 Å². The van der Waals surface area contributed by atoms with Crippen LogP contribution in [0, 0.1) is 5.41 Å². The van der Waals surface area contributed by atoms with Crippen molar-refractivity contribution in [1.82, 2.24) is 15.0 Å². The number of benzene rings is 1. The minimum Gasteiger partial charge on any atom is -0.460 e. The summed E-state index contributed by atoms with van der Waals surface area (Å²) in [5.74, 6) is -0.169. The number of carbonyl (C=O) groups is 1. The predicted octanol–water partition coefficient (Wildman–Crippen LogP) is 3.56. The van der Waals surface area contributed by atoms with E-state index in [0.29, 0.717) is 19.4 Å². The number of rotatable bonds is 7. The number of ether oxygens (including phenoxy) is 1. The summed E-state index contributed by atoms with van der Waals surface area (Å²) in [5, 5.41) is 7.94. The number of hydrogen-bond donors (Lipinski definition) is 0. The molecule has 124 valence electrons. The molecule has 0 N–H and O–H groups in total. The lowest BCUT2D eigenvalue weighted by Gasteiger charge is -2.35. The topological polar surface area (TPSA) is 57.0 Å². The highest BCUT2D eigenvalue weighted by Crippen LogP contribution is 2.36. The van der Waals surface area contributed by atoms with E-state index >= 15 is 0 Å². The molecule has 0 saturated heterocycles. The molecule has 1 aromatic heterocycles. The summed E-state index contributed by atoms with van der Waals surface area (Å²) in [7, 11) is 0. The molecule has 5 heteroatoms. The molecular weight excluding hydrogens is 290 g/mol. The molecule has 1 unspecified atom stereocenters. The molecule has 0 aliphatic rings. The van der Waals surface area contributed by atoms with Gasteiger partial charge < -0.3 is 4.74 Å². The first-order valence-corrected chi connectivity index (χ1v) is 7.95. The molecule has 1 atom stereocenters. The normalized spacial score (nSPS) is 14.3. The van der Waals surface area contributed by atoms with Gasteiger partial charge in [-0.3, -0.25) is 4.79 Å². The maximum atomic E-state index is 12.6. The van der Waals surface area contributed by atoms with Crippen LogP contribution in [0.2, 0.25) is 0 Å². The van der Waals surface area contributed by atoms with E-state index in [1.54, 1.807) is 10.9 Å². The van der Waals surface area contributed by atoms with E-state index in [4.69, 9.17) is 4.74 Å². The van der Waals surface area contributed by atoms with Crippen LogP contribution in [0.1, 0.15) is 46.1 Å². The Morgan fingerprint density at radius 2 is 1.91 bits per heavy atom. The predicted molar refractivity (Wildman–Crippen MR) is 88.6 cm³/mol. The van der Waals surface area contributed by atoms with Crippen LogP contribution in [0.15, 0.2) is 42.7 Å². The molecule has 0 aliphatic heterocycles. The van der Waals surface area contributed by atoms with E-state index in [-0.39, 0.29) is 11.5 Å². The lowest BCUT2D eigenvalue weighted by Crippen LogP contribution is -2.39. The van der Waals surface area contributed by atoms with Crippen molar-refractivity contribution in [3.63, 3.8) is 0 Å². The van der Waals surface area contributed by atoms with Gasteiger partial charge in [-0.15, -0.1) is 5.10 Å². The number of hydrogen-bond acceptors (Lipinski definition) is 4. The van der Waals surface area contributed by atoms with Gasteiger partial charge in [0.25, 0.3) is 0 Å². The van der Waals surface area contributed by atoms with E-state index in [0.717, 1.165) is 5.56 Å². The standard InChI is InChI=1S/C18H25N3O2/c1-5-18(4,14-17(2,3)21-12-11-19-20-21)16(22)23-13-15-9-7-6-8-10-15/h6-12H,5,13-14H2,1-4H3. The van der Waals surface area contributed by atoms with Crippen molar-refractivity contribution in [3.8, 4) is 0 Å². The molecule has 0 radical (unpaired) electrons. The minimum atomic E-state index is -0.565. The van der Waals surface area contributed by atoms with Gasteiger partial charge in [-0.1, -0.05) is 42.5 Å². The van der Waals surface area contributed by atoms with Crippen LogP contribution in [-0.2, 0) is 21.7 Å². The Hall–Kier alpha value is -2.17. The van der Waals surface area contributed by atoms with Crippen LogP contribution in [0.4, 0.5) is 0 Å². The smallest absolute Gasteiger partial charge is 0.312 e. The monoisotopic (exact) mass is 315 g/mol. The molecule has 1 aromatic carbocycles. The molecule has 0 spiro atoms. The van der Waals surface area contributed by atoms with Gasteiger partial charge >= 0.3 is 5.97 Å². The first-order valence-electron chi connectivity index (χ1n) is 7.95. The third kappa shape index (κ3) is 4.18. The Balaban J connectivity index is 2.05. The molecule has 0 bridgehead atoms. The Kier molecular flexibility index (Phi) is 5.19. The molecular formula is C18H25N3O2. The van der Waals surface area contributed by atoms with Crippen molar-refractivity contribution in [2.45, 2.75) is 52.7 Å². The van der Waals surface area contributed by atoms with Crippen LogP contribution >= 0.6 is 0 Å². The van der Waals surface area contributed by atoms with Crippen molar-refractivity contribution >= 4 is 5.97 Å². The lowest BCUT2D eigenvalue weighted by atomic mass is 9.76. The van der Waals surface area contributed by atoms with E-state index in [2.05, 4.69) is 24.2 Å². The molecule has 0 saturated carbocycles. The zero-order valence-electron chi connectivity index (χ0n) is 14.3. The first kappa shape index (κ1) is 17.2. The summed E-state index contributed by atoms with van der Waals surface area (Å²) >= 11 is 0. The Bertz CT molecular complexity index is 623. The van der Waals surface area contributed by atoms with E-state index in [1.165, 1.54) is 0 Å². The number of aromatic nitrogens is 3. The SMILES string of the molecule is CCC(C)(CC(C)(C)n1ccnn1)C(=O)OCc1ccccc1. The Labute approximate surface area is 137 Å². The summed E-state index contributed by atoms with van der Waals surface area (Å²) in [6, 6.07) is 9.74. The highest BCUT2D eigenvalue weighted by atomic mass is 16.5. The summed E-state index contributed by atoms with van der Waals surface area (Å²) in [6.07, 6.45) is 4.82. The summed E-state index contributed by atoms with van der Waals surface area (Å²) in [4.78, 5) is 12.6. The summed E-state index contributed by atoms with van der Waals surface area (Å²) < 4.78 is 7.36. The summed E-state index contributed by atoms with van der Waals surface area (Å²) in [5.41, 5.74) is 0.118. The van der Waals surface area contributed by atoms with Crippen LogP contribution in [0.25, 0.3) is 0 Å². The van der Waals surface area contributed by atoms with Gasteiger partial charge in [-0.25, -0.2) is 4.68 Å². The minimum absolute atomic E-state index is 0.169. The number of nitrogens with zero attached hydrogens (tertiary/aromatic N) is 3. The second kappa shape index (κ2) is 6.94. The molecule has 0 amide bonds. The Morgan fingerprint density at radius 3 is 2.48 bits per heavy atom. The molecule has 2 aromatic rings. The first-order chi connectivity index (χ1) is 10.9. The summed E-state index contributed by atoms with van der Waals surface area (Å²) in [6.45, 7) is 8.39. The van der Waals surface area contributed by atoms with Crippen molar-refractivity contribution in [1.29, 1.82) is 0 Å². The third-order valence-corrected chi connectivity index (χ3v) is 4.35. The van der Waals surface area contributed by atoms with E-state index < -0.39 is 5.41 Å². The molecule has 2 rings (SSSR count). The fraction of sp³-hybridized carbons (Fsp3) is 0.500. The van der Waals surface area contributed by atoms with Crippen molar-refractivity contribution in [2.24, 2.45) is 5.41 Å². The van der Waals surface area contributed by atoms with Gasteiger partial charge in [-0.2, -0.15) is 0 Å². The number of carbonyl (C=O) groups excluding carboxylic acids is 1. The molecule has 23 heavy (non-hydrogen) atoms. The molecule has 1 heterocycles. The molecule has 5 nitrogen and oxygen atoms in total. The van der Waals surface area contributed by atoms with Gasteiger partial charge in [0, 0.05) is 6.20 Å². The average Bonchev–Trinajstić information content (AvgIpc) is 3.08. The fourth-order valence-corrected chi connectivity index (χ4v) is 2.81. The zero-order valence-corrected chi connectivity index (χ0v) is 14.3. The fourth-order valence-electron chi connectivity index (χ4n) is 2.81. The van der Waals surface area contributed by atoms with Gasteiger partial charge in [0.05, 0.1) is 17.2 Å². The quantitative estimate of drug-likeness (QED) is 0.733.